The lowest BCUT2D eigenvalue weighted by atomic mass is 10.1. The molecule has 10 heteroatoms. The molecule has 2 rings (SSSR count). The molecule has 0 spiro atoms. The zero-order valence-corrected chi connectivity index (χ0v) is 11.1. The standard InChI is InChI=1S/C13H7F3N2O5/c14-13(15,16)11-7-9(18(21)22)3-6-12(11)23-10-4-1-8(2-5-10)17(19)20/h1-7H. The fraction of sp³-hybridized carbons (Fsp3) is 0.0769. The van der Waals surface area contributed by atoms with E-state index in [-0.39, 0.29) is 11.4 Å². The third-order valence-corrected chi connectivity index (χ3v) is 2.75. The topological polar surface area (TPSA) is 95.5 Å². The molecule has 0 N–H and O–H groups in total. The first kappa shape index (κ1) is 16.2. The summed E-state index contributed by atoms with van der Waals surface area (Å²) in [6.45, 7) is 0. The van der Waals surface area contributed by atoms with Gasteiger partial charge in [-0.3, -0.25) is 20.2 Å². The van der Waals surface area contributed by atoms with Crippen molar-refractivity contribution in [2.75, 3.05) is 0 Å². The van der Waals surface area contributed by atoms with Crippen molar-refractivity contribution in [3.05, 3.63) is 68.3 Å². The molecule has 2 aromatic rings. The van der Waals surface area contributed by atoms with Gasteiger partial charge in [0.05, 0.1) is 9.85 Å². The Kier molecular flexibility index (Phi) is 4.16. The average molecular weight is 328 g/mol. The number of nitrogens with zero attached hydrogens (tertiary/aromatic N) is 2. The largest absolute Gasteiger partial charge is 0.457 e. The molecule has 0 heterocycles. The molecule has 0 amide bonds. The number of hydrogen-bond acceptors (Lipinski definition) is 5. The van der Waals surface area contributed by atoms with Gasteiger partial charge in [-0.2, -0.15) is 13.2 Å². The molecule has 0 unspecified atom stereocenters. The lowest BCUT2D eigenvalue weighted by Gasteiger charge is -2.13. The smallest absolute Gasteiger partial charge is 0.420 e. The van der Waals surface area contributed by atoms with E-state index in [1.807, 2.05) is 0 Å². The molecular weight excluding hydrogens is 321 g/mol. The summed E-state index contributed by atoms with van der Waals surface area (Å²) >= 11 is 0. The number of nitro benzene ring substituents is 2. The van der Waals surface area contributed by atoms with Crippen LogP contribution in [0.3, 0.4) is 0 Å². The van der Waals surface area contributed by atoms with E-state index in [1.165, 1.54) is 0 Å². The van der Waals surface area contributed by atoms with E-state index in [0.717, 1.165) is 36.4 Å². The summed E-state index contributed by atoms with van der Waals surface area (Å²) in [6.07, 6.45) is -4.86. The molecule has 23 heavy (non-hydrogen) atoms. The average Bonchev–Trinajstić information content (AvgIpc) is 2.46. The number of non-ortho nitro benzene ring substituents is 2. The van der Waals surface area contributed by atoms with Gasteiger partial charge in [-0.25, -0.2) is 0 Å². The van der Waals surface area contributed by atoms with Crippen molar-refractivity contribution >= 4 is 11.4 Å². The van der Waals surface area contributed by atoms with Gasteiger partial charge in [0.25, 0.3) is 11.4 Å². The zero-order valence-electron chi connectivity index (χ0n) is 11.1. The molecule has 0 radical (unpaired) electrons. The second kappa shape index (κ2) is 5.91. The van der Waals surface area contributed by atoms with Crippen molar-refractivity contribution in [1.82, 2.24) is 0 Å². The monoisotopic (exact) mass is 328 g/mol. The van der Waals surface area contributed by atoms with Gasteiger partial charge in [0.2, 0.25) is 0 Å². The fourth-order valence-electron chi connectivity index (χ4n) is 1.70. The van der Waals surface area contributed by atoms with E-state index < -0.39 is 33.0 Å². The van der Waals surface area contributed by atoms with Crippen molar-refractivity contribution in [3.63, 3.8) is 0 Å². The highest BCUT2D eigenvalue weighted by atomic mass is 19.4. The van der Waals surface area contributed by atoms with Crippen molar-refractivity contribution in [3.8, 4) is 11.5 Å². The molecule has 0 bridgehead atoms. The number of nitro groups is 2. The molecule has 0 saturated carbocycles. The SMILES string of the molecule is O=[N+]([O-])c1ccc(Oc2ccc([N+](=O)[O-])cc2C(F)(F)F)cc1. The van der Waals surface area contributed by atoms with E-state index >= 15 is 0 Å². The first-order valence-electron chi connectivity index (χ1n) is 5.96. The summed E-state index contributed by atoms with van der Waals surface area (Å²) in [4.78, 5) is 19.5. The maximum atomic E-state index is 13.0. The van der Waals surface area contributed by atoms with E-state index in [4.69, 9.17) is 4.74 Å². The number of hydrogen-bond donors (Lipinski definition) is 0. The highest BCUT2D eigenvalue weighted by Crippen LogP contribution is 2.40. The number of ether oxygens (including phenoxy) is 1. The van der Waals surface area contributed by atoms with Gasteiger partial charge in [-0.15, -0.1) is 0 Å². The Bertz CT molecular complexity index is 759. The van der Waals surface area contributed by atoms with E-state index in [0.29, 0.717) is 6.07 Å². The van der Waals surface area contributed by atoms with E-state index in [2.05, 4.69) is 0 Å². The minimum atomic E-state index is -4.86. The van der Waals surface area contributed by atoms with Gasteiger partial charge in [-0.05, 0) is 18.2 Å². The number of rotatable bonds is 4. The van der Waals surface area contributed by atoms with Crippen LogP contribution < -0.4 is 4.74 Å². The maximum absolute atomic E-state index is 13.0. The van der Waals surface area contributed by atoms with Crippen LogP contribution in [0.15, 0.2) is 42.5 Å². The Morgan fingerprint density at radius 3 is 1.87 bits per heavy atom. The van der Waals surface area contributed by atoms with Crippen LogP contribution in [0.25, 0.3) is 0 Å². The highest BCUT2D eigenvalue weighted by molar-refractivity contribution is 5.47. The summed E-state index contributed by atoms with van der Waals surface area (Å²) < 4.78 is 44.0. The lowest BCUT2D eigenvalue weighted by molar-refractivity contribution is -0.385. The van der Waals surface area contributed by atoms with E-state index in [9.17, 15) is 33.4 Å². The molecule has 0 fully saturated rings. The molecule has 0 aliphatic heterocycles. The molecule has 0 aliphatic carbocycles. The predicted molar refractivity (Wildman–Crippen MR) is 71.3 cm³/mol. The van der Waals surface area contributed by atoms with Crippen LogP contribution >= 0.6 is 0 Å². The minimum Gasteiger partial charge on any atom is -0.457 e. The maximum Gasteiger partial charge on any atom is 0.420 e. The van der Waals surface area contributed by atoms with Gasteiger partial charge in [0.15, 0.2) is 0 Å². The highest BCUT2D eigenvalue weighted by Gasteiger charge is 2.36. The zero-order chi connectivity index (χ0) is 17.2. The third-order valence-electron chi connectivity index (χ3n) is 2.75. The van der Waals surface area contributed by atoms with Crippen LogP contribution in [0.1, 0.15) is 5.56 Å². The molecule has 120 valence electrons. The minimum absolute atomic E-state index is 0.0741. The third kappa shape index (κ3) is 3.73. The molecule has 0 aromatic heterocycles. The van der Waals surface area contributed by atoms with Crippen LogP contribution in [-0.2, 0) is 6.18 Å². The van der Waals surface area contributed by atoms with Crippen LogP contribution in [0.2, 0.25) is 0 Å². The van der Waals surface area contributed by atoms with Gasteiger partial charge in [0, 0.05) is 24.3 Å². The summed E-state index contributed by atoms with van der Waals surface area (Å²) in [5.74, 6) is -0.716. The van der Waals surface area contributed by atoms with Gasteiger partial charge in [-0.1, -0.05) is 0 Å². The summed E-state index contributed by atoms with van der Waals surface area (Å²) in [5.41, 5.74) is -2.30. The Hall–Kier alpha value is -3.17. The van der Waals surface area contributed by atoms with Crippen LogP contribution in [0.4, 0.5) is 24.5 Å². The molecule has 0 saturated heterocycles. The first-order chi connectivity index (χ1) is 10.7. The molecule has 0 atom stereocenters. The Labute approximate surface area is 126 Å². The Morgan fingerprint density at radius 1 is 0.870 bits per heavy atom. The normalized spacial score (nSPS) is 11.1. The van der Waals surface area contributed by atoms with Gasteiger partial charge < -0.3 is 4.74 Å². The first-order valence-corrected chi connectivity index (χ1v) is 5.96. The summed E-state index contributed by atoms with van der Waals surface area (Å²) in [6, 6.07) is 6.43. The second-order valence-corrected chi connectivity index (χ2v) is 4.29. The van der Waals surface area contributed by atoms with Crippen molar-refractivity contribution < 1.29 is 27.8 Å². The Morgan fingerprint density at radius 2 is 1.39 bits per heavy atom. The Balaban J connectivity index is 2.39. The fourth-order valence-corrected chi connectivity index (χ4v) is 1.70. The summed E-state index contributed by atoms with van der Waals surface area (Å²) in [7, 11) is 0. The van der Waals surface area contributed by atoms with Crippen molar-refractivity contribution in [2.24, 2.45) is 0 Å². The second-order valence-electron chi connectivity index (χ2n) is 4.29. The van der Waals surface area contributed by atoms with Gasteiger partial charge in [0.1, 0.15) is 17.1 Å². The van der Waals surface area contributed by atoms with Crippen LogP contribution in [0.5, 0.6) is 11.5 Å². The van der Waals surface area contributed by atoms with Crippen molar-refractivity contribution in [2.45, 2.75) is 6.18 Å². The lowest BCUT2D eigenvalue weighted by Crippen LogP contribution is -2.08. The van der Waals surface area contributed by atoms with Crippen molar-refractivity contribution in [1.29, 1.82) is 0 Å². The molecule has 7 nitrogen and oxygen atoms in total. The molecule has 2 aromatic carbocycles. The predicted octanol–water partition coefficient (Wildman–Crippen LogP) is 4.31. The number of benzene rings is 2. The van der Waals surface area contributed by atoms with Gasteiger partial charge >= 0.3 is 6.18 Å². The number of alkyl halides is 3. The van der Waals surface area contributed by atoms with Crippen LogP contribution in [-0.4, -0.2) is 9.85 Å². The van der Waals surface area contributed by atoms with Crippen LogP contribution in [0, 0.1) is 20.2 Å². The molecule has 0 aliphatic rings. The summed E-state index contributed by atoms with van der Waals surface area (Å²) in [5, 5.41) is 21.1. The molecular formula is C13H7F3N2O5. The number of halogens is 3. The quantitative estimate of drug-likeness (QED) is 0.615. The van der Waals surface area contributed by atoms with E-state index in [1.54, 1.807) is 0 Å².